The second kappa shape index (κ2) is 14.8. The molecule has 0 heterocycles. The van der Waals surface area contributed by atoms with Crippen molar-refractivity contribution >= 4 is 29.6 Å². The molecule has 0 saturated carbocycles. The molecule has 1 aromatic rings. The number of carboxylic acids is 1. The predicted molar refractivity (Wildman–Crippen MR) is 131 cm³/mol. The second-order valence-corrected chi connectivity index (χ2v) is 9.12. The summed E-state index contributed by atoms with van der Waals surface area (Å²) >= 11 is 0. The largest absolute Gasteiger partial charge is 0.480 e. The van der Waals surface area contributed by atoms with E-state index in [0.717, 1.165) is 0 Å². The molecule has 1 rings (SSSR count). The average Bonchev–Trinajstić information content (AvgIpc) is 2.79. The van der Waals surface area contributed by atoms with E-state index in [-0.39, 0.29) is 31.6 Å². The van der Waals surface area contributed by atoms with Crippen LogP contribution in [0.1, 0.15) is 45.6 Å². The van der Waals surface area contributed by atoms with Gasteiger partial charge in [-0.25, -0.2) is 4.79 Å². The van der Waals surface area contributed by atoms with Crippen LogP contribution in [0.2, 0.25) is 0 Å². The van der Waals surface area contributed by atoms with E-state index in [9.17, 15) is 34.2 Å². The van der Waals surface area contributed by atoms with Crippen LogP contribution in [-0.2, 0) is 30.4 Å². The number of benzene rings is 1. The molecule has 36 heavy (non-hydrogen) atoms. The number of aliphatic carboxylic acids is 1. The van der Waals surface area contributed by atoms with E-state index >= 15 is 0 Å². The molecular weight excluding hydrogens is 470 g/mol. The van der Waals surface area contributed by atoms with Gasteiger partial charge in [0.05, 0.1) is 12.1 Å². The Morgan fingerprint density at radius 2 is 1.47 bits per heavy atom. The number of rotatable bonds is 15. The first-order valence-corrected chi connectivity index (χ1v) is 11.7. The van der Waals surface area contributed by atoms with E-state index < -0.39 is 59.9 Å². The highest BCUT2D eigenvalue weighted by molar-refractivity contribution is 5.94. The Bertz CT molecular complexity index is 907. The van der Waals surface area contributed by atoms with Crippen molar-refractivity contribution in [3.05, 3.63) is 35.9 Å². The van der Waals surface area contributed by atoms with Crippen LogP contribution in [0.15, 0.2) is 30.3 Å². The zero-order valence-corrected chi connectivity index (χ0v) is 20.8. The quantitative estimate of drug-likeness (QED) is 0.152. The summed E-state index contributed by atoms with van der Waals surface area (Å²) in [5.41, 5.74) is 11.5. The van der Waals surface area contributed by atoms with Crippen molar-refractivity contribution in [3.8, 4) is 0 Å². The number of aliphatic hydroxyl groups excluding tert-OH is 1. The van der Waals surface area contributed by atoms with Crippen LogP contribution in [0.25, 0.3) is 0 Å². The minimum absolute atomic E-state index is 0.0415. The highest BCUT2D eigenvalue weighted by atomic mass is 16.4. The number of amides is 4. The lowest BCUT2D eigenvalue weighted by molar-refractivity contribution is -0.142. The van der Waals surface area contributed by atoms with Crippen molar-refractivity contribution in [1.29, 1.82) is 0 Å². The van der Waals surface area contributed by atoms with Crippen LogP contribution in [0.4, 0.5) is 0 Å². The van der Waals surface area contributed by atoms with Crippen LogP contribution in [0, 0.1) is 5.92 Å². The Kier molecular flexibility index (Phi) is 12.5. The predicted octanol–water partition coefficient (Wildman–Crippen LogP) is -1.21. The van der Waals surface area contributed by atoms with Crippen molar-refractivity contribution in [1.82, 2.24) is 16.0 Å². The van der Waals surface area contributed by atoms with Crippen molar-refractivity contribution < 1.29 is 34.2 Å². The molecule has 0 aliphatic carbocycles. The van der Waals surface area contributed by atoms with Crippen LogP contribution in [-0.4, -0.2) is 70.1 Å². The minimum atomic E-state index is -1.45. The Morgan fingerprint density at radius 3 is 1.97 bits per heavy atom. The molecule has 0 bridgehead atoms. The fourth-order valence-corrected chi connectivity index (χ4v) is 3.38. The fourth-order valence-electron chi connectivity index (χ4n) is 3.38. The van der Waals surface area contributed by atoms with Gasteiger partial charge in [0.25, 0.3) is 0 Å². The van der Waals surface area contributed by atoms with Gasteiger partial charge in [-0.2, -0.15) is 0 Å². The molecule has 0 aliphatic rings. The number of carboxylic acid groups (broad SMARTS) is 1. The molecule has 200 valence electrons. The molecule has 0 saturated heterocycles. The third-order valence-corrected chi connectivity index (χ3v) is 5.34. The molecule has 0 radical (unpaired) electrons. The van der Waals surface area contributed by atoms with E-state index in [1.807, 2.05) is 13.8 Å². The van der Waals surface area contributed by atoms with E-state index in [0.29, 0.717) is 5.56 Å². The molecular formula is C24H37N5O7. The second-order valence-electron chi connectivity index (χ2n) is 9.12. The number of nitrogens with two attached hydrogens (primary N) is 2. The highest BCUT2D eigenvalue weighted by Crippen LogP contribution is 2.09. The molecule has 0 aliphatic heterocycles. The molecule has 0 fully saturated rings. The third kappa shape index (κ3) is 10.8. The maximum absolute atomic E-state index is 13.0. The van der Waals surface area contributed by atoms with Crippen molar-refractivity contribution in [2.75, 3.05) is 0 Å². The highest BCUT2D eigenvalue weighted by Gasteiger charge is 2.32. The summed E-state index contributed by atoms with van der Waals surface area (Å²) in [6, 6.07) is 3.81. The van der Waals surface area contributed by atoms with Crippen LogP contribution in [0.5, 0.6) is 0 Å². The summed E-state index contributed by atoms with van der Waals surface area (Å²) in [5, 5.41) is 27.0. The number of primary amides is 1. The molecule has 4 amide bonds. The molecule has 12 heteroatoms. The zero-order chi connectivity index (χ0) is 27.4. The number of carbonyl (C=O) groups is 5. The molecule has 0 spiro atoms. The number of aliphatic hydroxyl groups is 1. The number of carbonyl (C=O) groups excluding carboxylic acids is 4. The van der Waals surface area contributed by atoms with Gasteiger partial charge in [0.15, 0.2) is 0 Å². The van der Waals surface area contributed by atoms with Gasteiger partial charge in [-0.1, -0.05) is 44.2 Å². The van der Waals surface area contributed by atoms with Gasteiger partial charge < -0.3 is 37.6 Å². The van der Waals surface area contributed by atoms with E-state index in [4.69, 9.17) is 11.5 Å². The molecule has 5 atom stereocenters. The Labute approximate surface area is 210 Å². The third-order valence-electron chi connectivity index (χ3n) is 5.34. The first-order chi connectivity index (χ1) is 16.8. The topological polar surface area (TPSA) is 214 Å². The summed E-state index contributed by atoms with van der Waals surface area (Å²) in [6.45, 7) is 4.91. The lowest BCUT2D eigenvalue weighted by Crippen LogP contribution is -2.60. The lowest BCUT2D eigenvalue weighted by atomic mass is 10.0. The summed E-state index contributed by atoms with van der Waals surface area (Å²) < 4.78 is 0. The van der Waals surface area contributed by atoms with E-state index in [1.54, 1.807) is 30.3 Å². The van der Waals surface area contributed by atoms with Crippen LogP contribution < -0.4 is 27.4 Å². The van der Waals surface area contributed by atoms with E-state index in [1.165, 1.54) is 6.92 Å². The monoisotopic (exact) mass is 507 g/mol. The minimum Gasteiger partial charge on any atom is -0.480 e. The smallest absolute Gasteiger partial charge is 0.326 e. The van der Waals surface area contributed by atoms with Gasteiger partial charge in [0, 0.05) is 12.8 Å². The van der Waals surface area contributed by atoms with Crippen LogP contribution >= 0.6 is 0 Å². The van der Waals surface area contributed by atoms with E-state index in [2.05, 4.69) is 16.0 Å². The first kappa shape index (κ1) is 30.5. The van der Waals surface area contributed by atoms with Crippen molar-refractivity contribution in [3.63, 3.8) is 0 Å². The normalized spacial score (nSPS) is 15.2. The zero-order valence-electron chi connectivity index (χ0n) is 20.8. The van der Waals surface area contributed by atoms with Gasteiger partial charge in [0.2, 0.25) is 23.6 Å². The van der Waals surface area contributed by atoms with Gasteiger partial charge >= 0.3 is 5.97 Å². The molecule has 1 aromatic carbocycles. The lowest BCUT2D eigenvalue weighted by Gasteiger charge is -2.27. The summed E-state index contributed by atoms with van der Waals surface area (Å²) in [4.78, 5) is 60.9. The fraction of sp³-hybridized carbons (Fsp3) is 0.542. The summed E-state index contributed by atoms with van der Waals surface area (Å²) in [7, 11) is 0. The number of hydrogen-bond donors (Lipinski definition) is 7. The van der Waals surface area contributed by atoms with Gasteiger partial charge in [0.1, 0.15) is 18.1 Å². The molecule has 9 N–H and O–H groups in total. The van der Waals surface area contributed by atoms with Gasteiger partial charge in [-0.05, 0) is 31.2 Å². The Hall–Kier alpha value is -3.51. The van der Waals surface area contributed by atoms with Gasteiger partial charge in [-0.15, -0.1) is 0 Å². The maximum Gasteiger partial charge on any atom is 0.326 e. The van der Waals surface area contributed by atoms with Gasteiger partial charge in [-0.3, -0.25) is 19.2 Å². The maximum atomic E-state index is 13.0. The Morgan fingerprint density at radius 1 is 0.889 bits per heavy atom. The van der Waals surface area contributed by atoms with Crippen LogP contribution in [0.3, 0.4) is 0 Å². The SMILES string of the molecule is CC(C)CC(NC(=O)C(NC(=O)C(N)CCC(N)=O)C(C)O)C(=O)NC(Cc1ccccc1)C(=O)O. The molecule has 5 unspecified atom stereocenters. The molecule has 12 nitrogen and oxygen atoms in total. The standard InChI is InChI=1S/C24H37N5O7/c1-13(2)11-17(22(33)28-18(24(35)36)12-15-7-5-4-6-8-15)27-23(34)20(14(3)30)29-21(32)16(25)9-10-19(26)31/h4-8,13-14,16-18,20,30H,9-12,25H2,1-3H3,(H2,26,31)(H,27,34)(H,28,33)(H,29,32)(H,35,36). The summed E-state index contributed by atoms with van der Waals surface area (Å²) in [6.07, 6.45) is -1.31. The molecule has 0 aromatic heterocycles. The van der Waals surface area contributed by atoms with Crippen molar-refractivity contribution in [2.24, 2.45) is 17.4 Å². The first-order valence-electron chi connectivity index (χ1n) is 11.7. The summed E-state index contributed by atoms with van der Waals surface area (Å²) in [5.74, 6) is -4.28. The van der Waals surface area contributed by atoms with Crippen molar-refractivity contribution in [2.45, 2.75) is 76.7 Å². The number of hydrogen-bond acceptors (Lipinski definition) is 7. The number of nitrogens with one attached hydrogen (secondary N) is 3. The Balaban J connectivity index is 2.95. The average molecular weight is 508 g/mol.